The van der Waals surface area contributed by atoms with Crippen LogP contribution in [0.3, 0.4) is 0 Å². The molecule has 0 saturated carbocycles. The van der Waals surface area contributed by atoms with E-state index >= 15 is 0 Å². The van der Waals surface area contributed by atoms with Crippen molar-refractivity contribution >= 4 is 6.09 Å². The average molecular weight is 216 g/mol. The standard InChI is InChI=1S/C12H12N2O2/c15-12(14-9-10-5-4-8-13-10)16-11-6-2-1-3-7-11/h1-8,13H,9H2,(H,14,15). The Labute approximate surface area is 93.3 Å². The summed E-state index contributed by atoms with van der Waals surface area (Å²) in [6.07, 6.45) is 1.35. The smallest absolute Gasteiger partial charge is 0.410 e. The lowest BCUT2D eigenvalue weighted by Gasteiger charge is -2.05. The molecule has 1 amide bonds. The molecule has 0 radical (unpaired) electrons. The first-order valence-corrected chi connectivity index (χ1v) is 4.97. The van der Waals surface area contributed by atoms with E-state index in [4.69, 9.17) is 4.74 Å². The van der Waals surface area contributed by atoms with Gasteiger partial charge in [-0.1, -0.05) is 18.2 Å². The molecular formula is C12H12N2O2. The van der Waals surface area contributed by atoms with Crippen LogP contribution in [0.4, 0.5) is 4.79 Å². The van der Waals surface area contributed by atoms with Crippen molar-refractivity contribution in [2.45, 2.75) is 6.54 Å². The number of benzene rings is 1. The number of carbonyl (C=O) groups is 1. The lowest BCUT2D eigenvalue weighted by Crippen LogP contribution is -2.26. The van der Waals surface area contributed by atoms with E-state index in [0.717, 1.165) is 5.69 Å². The van der Waals surface area contributed by atoms with Gasteiger partial charge in [0.25, 0.3) is 0 Å². The van der Waals surface area contributed by atoms with E-state index in [1.807, 2.05) is 30.3 Å². The molecule has 2 rings (SSSR count). The first kappa shape index (κ1) is 10.3. The number of para-hydroxylation sites is 1. The van der Waals surface area contributed by atoms with Crippen molar-refractivity contribution in [3.05, 3.63) is 54.4 Å². The van der Waals surface area contributed by atoms with Gasteiger partial charge in [-0.15, -0.1) is 0 Å². The van der Waals surface area contributed by atoms with Gasteiger partial charge in [-0.25, -0.2) is 4.79 Å². The molecule has 0 bridgehead atoms. The summed E-state index contributed by atoms with van der Waals surface area (Å²) in [5, 5.41) is 2.64. The molecule has 1 heterocycles. The van der Waals surface area contributed by atoms with Crippen molar-refractivity contribution in [1.82, 2.24) is 10.3 Å². The number of aromatic amines is 1. The maximum absolute atomic E-state index is 11.4. The van der Waals surface area contributed by atoms with E-state index in [-0.39, 0.29) is 0 Å². The summed E-state index contributed by atoms with van der Waals surface area (Å²) in [4.78, 5) is 14.3. The van der Waals surface area contributed by atoms with E-state index in [2.05, 4.69) is 10.3 Å². The molecular weight excluding hydrogens is 204 g/mol. The Bertz CT molecular complexity index is 437. The summed E-state index contributed by atoms with van der Waals surface area (Å²) in [7, 11) is 0. The molecule has 0 aliphatic rings. The van der Waals surface area contributed by atoms with Crippen LogP contribution >= 0.6 is 0 Å². The number of H-pyrrole nitrogens is 1. The molecule has 82 valence electrons. The van der Waals surface area contributed by atoms with Gasteiger partial charge in [-0.3, -0.25) is 0 Å². The zero-order valence-corrected chi connectivity index (χ0v) is 8.64. The third-order valence-corrected chi connectivity index (χ3v) is 2.04. The maximum atomic E-state index is 11.4. The summed E-state index contributed by atoms with van der Waals surface area (Å²) in [5.41, 5.74) is 0.935. The van der Waals surface area contributed by atoms with Gasteiger partial charge < -0.3 is 15.0 Å². The van der Waals surface area contributed by atoms with Gasteiger partial charge in [0.1, 0.15) is 5.75 Å². The maximum Gasteiger partial charge on any atom is 0.412 e. The van der Waals surface area contributed by atoms with E-state index in [9.17, 15) is 4.79 Å². The number of hydrogen-bond donors (Lipinski definition) is 2. The average Bonchev–Trinajstić information content (AvgIpc) is 2.81. The molecule has 0 aliphatic carbocycles. The molecule has 0 fully saturated rings. The van der Waals surface area contributed by atoms with Crippen molar-refractivity contribution < 1.29 is 9.53 Å². The van der Waals surface area contributed by atoms with Crippen LogP contribution in [0.25, 0.3) is 0 Å². The van der Waals surface area contributed by atoms with E-state index in [0.29, 0.717) is 12.3 Å². The Morgan fingerprint density at radius 2 is 2.00 bits per heavy atom. The molecule has 4 heteroatoms. The molecule has 4 nitrogen and oxygen atoms in total. The van der Waals surface area contributed by atoms with Crippen molar-refractivity contribution in [2.24, 2.45) is 0 Å². The number of aromatic nitrogens is 1. The second-order valence-corrected chi connectivity index (χ2v) is 3.25. The van der Waals surface area contributed by atoms with Gasteiger partial charge in [-0.05, 0) is 24.3 Å². The van der Waals surface area contributed by atoms with Crippen LogP contribution in [0.15, 0.2) is 48.7 Å². The Balaban J connectivity index is 1.81. The predicted molar refractivity (Wildman–Crippen MR) is 60.1 cm³/mol. The minimum absolute atomic E-state index is 0.429. The predicted octanol–water partition coefficient (Wildman–Crippen LogP) is 2.30. The van der Waals surface area contributed by atoms with Crippen molar-refractivity contribution in [3.63, 3.8) is 0 Å². The molecule has 0 saturated heterocycles. The number of ether oxygens (including phenoxy) is 1. The highest BCUT2D eigenvalue weighted by molar-refractivity contribution is 5.70. The minimum atomic E-state index is -0.458. The molecule has 0 atom stereocenters. The fraction of sp³-hybridized carbons (Fsp3) is 0.0833. The largest absolute Gasteiger partial charge is 0.412 e. The normalized spacial score (nSPS) is 9.75. The first-order valence-electron chi connectivity index (χ1n) is 4.97. The second-order valence-electron chi connectivity index (χ2n) is 3.25. The van der Waals surface area contributed by atoms with Gasteiger partial charge in [0, 0.05) is 11.9 Å². The van der Waals surface area contributed by atoms with Crippen molar-refractivity contribution in [1.29, 1.82) is 0 Å². The van der Waals surface area contributed by atoms with Gasteiger partial charge in [0.15, 0.2) is 0 Å². The fourth-order valence-corrected chi connectivity index (χ4v) is 1.28. The molecule has 0 unspecified atom stereocenters. The quantitative estimate of drug-likeness (QED) is 0.827. The van der Waals surface area contributed by atoms with E-state index in [1.165, 1.54) is 0 Å². The number of nitrogens with one attached hydrogen (secondary N) is 2. The lowest BCUT2D eigenvalue weighted by molar-refractivity contribution is 0.200. The number of carbonyl (C=O) groups excluding carboxylic acids is 1. The van der Waals surface area contributed by atoms with E-state index < -0.39 is 6.09 Å². The third kappa shape index (κ3) is 2.88. The monoisotopic (exact) mass is 216 g/mol. The van der Waals surface area contributed by atoms with Crippen LogP contribution in [0.5, 0.6) is 5.75 Å². The highest BCUT2D eigenvalue weighted by atomic mass is 16.5. The Kier molecular flexibility index (Phi) is 3.23. The number of amides is 1. The van der Waals surface area contributed by atoms with Crippen LogP contribution in [-0.2, 0) is 6.54 Å². The third-order valence-electron chi connectivity index (χ3n) is 2.04. The van der Waals surface area contributed by atoms with Gasteiger partial charge >= 0.3 is 6.09 Å². The van der Waals surface area contributed by atoms with Crippen molar-refractivity contribution in [3.8, 4) is 5.75 Å². The first-order chi connectivity index (χ1) is 7.84. The van der Waals surface area contributed by atoms with Crippen molar-refractivity contribution in [2.75, 3.05) is 0 Å². The topological polar surface area (TPSA) is 54.1 Å². The molecule has 1 aromatic heterocycles. The molecule has 2 aromatic rings. The SMILES string of the molecule is O=C(NCc1ccc[nH]1)Oc1ccccc1. The van der Waals surface area contributed by atoms with Gasteiger partial charge in [-0.2, -0.15) is 0 Å². The summed E-state index contributed by atoms with van der Waals surface area (Å²) in [5.74, 6) is 0.534. The zero-order valence-electron chi connectivity index (χ0n) is 8.64. The molecule has 1 aromatic carbocycles. The lowest BCUT2D eigenvalue weighted by atomic mass is 10.3. The highest BCUT2D eigenvalue weighted by Gasteiger charge is 2.03. The Morgan fingerprint density at radius 3 is 2.69 bits per heavy atom. The van der Waals surface area contributed by atoms with Crippen LogP contribution < -0.4 is 10.1 Å². The molecule has 0 spiro atoms. The Hall–Kier alpha value is -2.23. The highest BCUT2D eigenvalue weighted by Crippen LogP contribution is 2.08. The minimum Gasteiger partial charge on any atom is -0.410 e. The molecule has 2 N–H and O–H groups in total. The van der Waals surface area contributed by atoms with Gasteiger partial charge in [0.2, 0.25) is 0 Å². The molecule has 0 aliphatic heterocycles. The van der Waals surface area contributed by atoms with Crippen LogP contribution in [0.2, 0.25) is 0 Å². The number of rotatable bonds is 3. The van der Waals surface area contributed by atoms with Crippen LogP contribution in [0, 0.1) is 0 Å². The zero-order chi connectivity index (χ0) is 11.2. The van der Waals surface area contributed by atoms with Crippen LogP contribution in [-0.4, -0.2) is 11.1 Å². The summed E-state index contributed by atoms with van der Waals surface area (Å²) in [6.45, 7) is 0.429. The Morgan fingerprint density at radius 1 is 1.19 bits per heavy atom. The summed E-state index contributed by atoms with van der Waals surface area (Å²) in [6, 6.07) is 12.7. The van der Waals surface area contributed by atoms with Crippen LogP contribution in [0.1, 0.15) is 5.69 Å². The summed E-state index contributed by atoms with van der Waals surface area (Å²) >= 11 is 0. The van der Waals surface area contributed by atoms with E-state index in [1.54, 1.807) is 18.3 Å². The summed E-state index contributed by atoms with van der Waals surface area (Å²) < 4.78 is 5.05. The van der Waals surface area contributed by atoms with Gasteiger partial charge in [0.05, 0.1) is 6.54 Å². The number of hydrogen-bond acceptors (Lipinski definition) is 2. The molecule has 16 heavy (non-hydrogen) atoms. The second kappa shape index (κ2) is 5.02. The fourth-order valence-electron chi connectivity index (χ4n) is 1.28.